The first-order valence-corrected chi connectivity index (χ1v) is 14.9. The summed E-state index contributed by atoms with van der Waals surface area (Å²) in [5, 5.41) is 0.544. The van der Waals surface area contributed by atoms with Crippen LogP contribution in [0.25, 0.3) is 0 Å². The number of hydrogen-bond acceptors (Lipinski definition) is 7. The van der Waals surface area contributed by atoms with Crippen molar-refractivity contribution in [1.82, 2.24) is 0 Å². The Kier molecular flexibility index (Phi) is 8.21. The molecule has 0 radical (unpaired) electrons. The Hall–Kier alpha value is -3.64. The number of benzene rings is 3. The van der Waals surface area contributed by atoms with Gasteiger partial charge in [0.25, 0.3) is 10.0 Å². The molecule has 2 heterocycles. The molecule has 224 valence electrons. The normalized spacial score (nSPS) is 17.2. The molecule has 0 unspecified atom stereocenters. The van der Waals surface area contributed by atoms with Crippen molar-refractivity contribution in [2.45, 2.75) is 35.9 Å². The van der Waals surface area contributed by atoms with E-state index >= 15 is 0 Å². The van der Waals surface area contributed by atoms with Crippen LogP contribution in [0.2, 0.25) is 5.02 Å². The Balaban J connectivity index is 1.47. The van der Waals surface area contributed by atoms with Gasteiger partial charge in [-0.25, -0.2) is 8.42 Å². The number of ether oxygens (including phenoxy) is 3. The lowest BCUT2D eigenvalue weighted by Gasteiger charge is -2.43. The molecule has 1 atom stereocenters. The minimum atomic E-state index is -4.72. The highest BCUT2D eigenvalue weighted by Gasteiger charge is 2.38. The van der Waals surface area contributed by atoms with Gasteiger partial charge < -0.3 is 19.1 Å². The summed E-state index contributed by atoms with van der Waals surface area (Å²) < 4.78 is 85.3. The minimum absolute atomic E-state index is 0.0184. The fourth-order valence-corrected chi connectivity index (χ4v) is 6.97. The molecule has 5 rings (SSSR count). The van der Waals surface area contributed by atoms with Crippen molar-refractivity contribution in [2.75, 3.05) is 43.1 Å². The predicted octanol–water partition coefficient (Wildman–Crippen LogP) is 5.88. The summed E-state index contributed by atoms with van der Waals surface area (Å²) in [7, 11) is -1.63. The number of alkyl halides is 3. The molecule has 2 aliphatic heterocycles. The highest BCUT2D eigenvalue weighted by Crippen LogP contribution is 2.45. The molecule has 0 N–H and O–H groups in total. The first-order chi connectivity index (χ1) is 19.9. The Morgan fingerprint density at radius 1 is 1.05 bits per heavy atom. The van der Waals surface area contributed by atoms with Crippen molar-refractivity contribution in [3.05, 3.63) is 76.8 Å². The highest BCUT2D eigenvalue weighted by atomic mass is 35.5. The SMILES string of the molecule is COC(=O)CC[C@H]1CN(S(=O)(=O)c2cccc(C(F)(F)F)c2)c2cc(C3CN(c4c(Cl)cccc4OC)C3)ccc2O1. The lowest BCUT2D eigenvalue weighted by Crippen LogP contribution is -2.46. The monoisotopic (exact) mass is 624 g/mol. The summed E-state index contributed by atoms with van der Waals surface area (Å²) in [4.78, 5) is 13.3. The van der Waals surface area contributed by atoms with Gasteiger partial charge in [0.2, 0.25) is 0 Å². The van der Waals surface area contributed by atoms with Crippen molar-refractivity contribution in [3.63, 3.8) is 0 Å². The van der Waals surface area contributed by atoms with Gasteiger partial charge in [0.05, 0.1) is 47.6 Å². The van der Waals surface area contributed by atoms with Crippen LogP contribution in [0.4, 0.5) is 24.5 Å². The molecule has 42 heavy (non-hydrogen) atoms. The third kappa shape index (κ3) is 5.82. The van der Waals surface area contributed by atoms with Crippen LogP contribution in [0.3, 0.4) is 0 Å². The van der Waals surface area contributed by atoms with Crippen molar-refractivity contribution in [3.8, 4) is 11.5 Å². The van der Waals surface area contributed by atoms with Crippen LogP contribution >= 0.6 is 11.6 Å². The maximum Gasteiger partial charge on any atom is 0.416 e. The van der Waals surface area contributed by atoms with E-state index in [0.717, 1.165) is 33.8 Å². The first kappa shape index (κ1) is 29.8. The van der Waals surface area contributed by atoms with Gasteiger partial charge in [-0.2, -0.15) is 13.2 Å². The lowest BCUT2D eigenvalue weighted by atomic mass is 9.90. The van der Waals surface area contributed by atoms with Crippen molar-refractivity contribution in [2.24, 2.45) is 0 Å². The van der Waals surface area contributed by atoms with Gasteiger partial charge in [-0.15, -0.1) is 0 Å². The second kappa shape index (κ2) is 11.6. The number of esters is 1. The second-order valence-corrected chi connectivity index (χ2v) is 12.3. The van der Waals surface area contributed by atoms with Crippen molar-refractivity contribution >= 4 is 39.0 Å². The molecule has 0 bridgehead atoms. The molecule has 13 heteroatoms. The molecule has 0 aromatic heterocycles. The van der Waals surface area contributed by atoms with Crippen LogP contribution in [0.1, 0.15) is 29.9 Å². The number of para-hydroxylation sites is 1. The molecule has 1 saturated heterocycles. The second-order valence-electron chi connectivity index (χ2n) is 10.0. The van der Waals surface area contributed by atoms with E-state index in [1.165, 1.54) is 7.11 Å². The molecule has 0 saturated carbocycles. The van der Waals surface area contributed by atoms with Gasteiger partial charge in [0.1, 0.15) is 17.6 Å². The van der Waals surface area contributed by atoms with E-state index in [4.69, 9.17) is 21.1 Å². The molecular formula is C29H28ClF3N2O6S. The van der Waals surface area contributed by atoms with E-state index in [-0.39, 0.29) is 36.7 Å². The van der Waals surface area contributed by atoms with Crippen molar-refractivity contribution < 1.29 is 40.6 Å². The van der Waals surface area contributed by atoms with Gasteiger partial charge in [-0.05, 0) is 54.4 Å². The summed E-state index contributed by atoms with van der Waals surface area (Å²) in [6.07, 6.45) is -5.31. The maximum atomic E-state index is 13.9. The van der Waals surface area contributed by atoms with E-state index < -0.39 is 38.7 Å². The summed E-state index contributed by atoms with van der Waals surface area (Å²) in [5.74, 6) is 0.415. The number of sulfonamides is 1. The smallest absolute Gasteiger partial charge is 0.416 e. The van der Waals surface area contributed by atoms with Gasteiger partial charge in [-0.3, -0.25) is 9.10 Å². The van der Waals surface area contributed by atoms with E-state index in [9.17, 15) is 26.4 Å². The topological polar surface area (TPSA) is 85.4 Å². The van der Waals surface area contributed by atoms with Crippen LogP contribution in [0, 0.1) is 0 Å². The van der Waals surface area contributed by atoms with E-state index in [1.54, 1.807) is 31.4 Å². The Morgan fingerprint density at radius 3 is 2.48 bits per heavy atom. The molecule has 1 fully saturated rings. The number of fused-ring (bicyclic) bond motifs is 1. The Labute approximate surface area is 246 Å². The molecule has 0 spiro atoms. The van der Waals surface area contributed by atoms with Crippen LogP contribution in [-0.4, -0.2) is 54.3 Å². The van der Waals surface area contributed by atoms with Gasteiger partial charge in [0.15, 0.2) is 0 Å². The minimum Gasteiger partial charge on any atom is -0.495 e. The van der Waals surface area contributed by atoms with Crippen LogP contribution in [0.15, 0.2) is 65.6 Å². The van der Waals surface area contributed by atoms with Gasteiger partial charge in [-0.1, -0.05) is 29.8 Å². The fourth-order valence-electron chi connectivity index (χ4n) is 5.14. The fraction of sp³-hybridized carbons (Fsp3) is 0.345. The van der Waals surface area contributed by atoms with E-state index in [0.29, 0.717) is 29.9 Å². The van der Waals surface area contributed by atoms with Crippen LogP contribution in [-0.2, 0) is 25.7 Å². The molecule has 0 aliphatic carbocycles. The summed E-state index contributed by atoms with van der Waals surface area (Å²) in [6.45, 7) is 0.976. The number of rotatable bonds is 8. The van der Waals surface area contributed by atoms with E-state index in [1.807, 2.05) is 12.1 Å². The summed E-state index contributed by atoms with van der Waals surface area (Å²) in [6, 6.07) is 14.2. The van der Waals surface area contributed by atoms with Gasteiger partial charge in [0, 0.05) is 25.4 Å². The zero-order valence-electron chi connectivity index (χ0n) is 22.7. The summed E-state index contributed by atoms with van der Waals surface area (Å²) in [5.41, 5.74) is 0.740. The highest BCUT2D eigenvalue weighted by molar-refractivity contribution is 7.92. The van der Waals surface area contributed by atoms with E-state index in [2.05, 4.69) is 9.64 Å². The molecular weight excluding hydrogens is 597 g/mol. The number of anilines is 2. The number of methoxy groups -OCH3 is 2. The first-order valence-electron chi connectivity index (χ1n) is 13.1. The molecule has 3 aromatic rings. The number of nitrogens with zero attached hydrogens (tertiary/aromatic N) is 2. The summed E-state index contributed by atoms with van der Waals surface area (Å²) >= 11 is 6.43. The average Bonchev–Trinajstić information content (AvgIpc) is 2.95. The molecule has 8 nitrogen and oxygen atoms in total. The maximum absolute atomic E-state index is 13.9. The number of carbonyl (C=O) groups is 1. The Morgan fingerprint density at radius 2 is 1.79 bits per heavy atom. The zero-order valence-corrected chi connectivity index (χ0v) is 24.3. The molecule has 0 amide bonds. The third-order valence-corrected chi connectivity index (χ3v) is 9.48. The van der Waals surface area contributed by atoms with Crippen molar-refractivity contribution in [1.29, 1.82) is 0 Å². The zero-order chi connectivity index (χ0) is 30.2. The number of halogens is 4. The molecule has 2 aliphatic rings. The average molecular weight is 625 g/mol. The lowest BCUT2D eigenvalue weighted by molar-refractivity contribution is -0.141. The standard InChI is InChI=1S/C29H28ClF3N2O6S/c1-39-26-8-4-7-23(30)28(26)34-15-19(16-34)18-9-11-25-24(13-18)35(17-21(41-25)10-12-27(36)40-2)42(37,38)22-6-3-5-20(14-22)29(31,32)33/h3-9,11,13-14,19,21H,10,12,15-17H2,1-2H3/t21-/m0/s1. The quantitative estimate of drug-likeness (QED) is 0.289. The Bertz CT molecular complexity index is 1590. The number of hydrogen-bond donors (Lipinski definition) is 0. The van der Waals surface area contributed by atoms with Gasteiger partial charge >= 0.3 is 12.1 Å². The van der Waals surface area contributed by atoms with Crippen LogP contribution in [0.5, 0.6) is 11.5 Å². The molecule has 3 aromatic carbocycles. The predicted molar refractivity (Wildman–Crippen MR) is 151 cm³/mol. The number of carbonyl (C=O) groups excluding carboxylic acids is 1. The largest absolute Gasteiger partial charge is 0.495 e. The third-order valence-electron chi connectivity index (χ3n) is 7.40. The van der Waals surface area contributed by atoms with Crippen LogP contribution < -0.4 is 18.7 Å².